The van der Waals surface area contributed by atoms with Gasteiger partial charge in [0.05, 0.1) is 25.4 Å². The number of anilines is 2. The van der Waals surface area contributed by atoms with Crippen molar-refractivity contribution in [3.63, 3.8) is 0 Å². The van der Waals surface area contributed by atoms with Crippen LogP contribution in [0, 0.1) is 11.3 Å². The van der Waals surface area contributed by atoms with Crippen LogP contribution < -0.4 is 15.4 Å². The van der Waals surface area contributed by atoms with Gasteiger partial charge in [-0.05, 0) is 49.8 Å². The Morgan fingerprint density at radius 2 is 1.93 bits per heavy atom. The maximum absolute atomic E-state index is 11.5. The van der Waals surface area contributed by atoms with Gasteiger partial charge in [-0.1, -0.05) is 12.1 Å². The summed E-state index contributed by atoms with van der Waals surface area (Å²) in [7, 11) is 1.61. The summed E-state index contributed by atoms with van der Waals surface area (Å²) in [6, 6.07) is 15.0. The van der Waals surface area contributed by atoms with Gasteiger partial charge in [0.2, 0.25) is 0 Å². The lowest BCUT2D eigenvalue weighted by Gasteiger charge is -2.12. The standard InChI is InChI=1S/C21H23N3O3/c1-4-23-20-13-18(26-3)10-11-19(20)16(14-22)12-15-6-8-17(9-7-15)24-21(25)27-5-2/h6-13,23H,4-5H2,1-3H3,(H,24,25)/b16-12+. The van der Waals surface area contributed by atoms with Gasteiger partial charge in [0, 0.05) is 29.5 Å². The summed E-state index contributed by atoms with van der Waals surface area (Å²) in [6.07, 6.45) is 1.31. The molecule has 0 saturated carbocycles. The predicted molar refractivity (Wildman–Crippen MR) is 108 cm³/mol. The second-order valence-electron chi connectivity index (χ2n) is 5.58. The van der Waals surface area contributed by atoms with Crippen LogP contribution in [0.5, 0.6) is 5.75 Å². The van der Waals surface area contributed by atoms with Crippen LogP contribution in [0.2, 0.25) is 0 Å². The minimum Gasteiger partial charge on any atom is -0.497 e. The number of nitrogens with zero attached hydrogens (tertiary/aromatic N) is 1. The van der Waals surface area contributed by atoms with Crippen molar-refractivity contribution in [1.29, 1.82) is 5.26 Å². The fourth-order valence-electron chi connectivity index (χ4n) is 2.51. The molecule has 0 fully saturated rings. The highest BCUT2D eigenvalue weighted by molar-refractivity contribution is 5.94. The number of benzene rings is 2. The molecule has 0 aliphatic carbocycles. The number of ether oxygens (including phenoxy) is 2. The minimum absolute atomic E-state index is 0.314. The average Bonchev–Trinajstić information content (AvgIpc) is 2.68. The second-order valence-corrected chi connectivity index (χ2v) is 5.58. The van der Waals surface area contributed by atoms with Gasteiger partial charge in [-0.2, -0.15) is 5.26 Å². The Labute approximate surface area is 159 Å². The van der Waals surface area contributed by atoms with Crippen LogP contribution >= 0.6 is 0 Å². The summed E-state index contributed by atoms with van der Waals surface area (Å²) in [5.74, 6) is 0.724. The van der Waals surface area contributed by atoms with E-state index in [0.717, 1.165) is 29.1 Å². The lowest BCUT2D eigenvalue weighted by atomic mass is 10.0. The molecule has 27 heavy (non-hydrogen) atoms. The van der Waals surface area contributed by atoms with Crippen molar-refractivity contribution in [2.75, 3.05) is 30.9 Å². The van der Waals surface area contributed by atoms with Crippen molar-refractivity contribution in [3.8, 4) is 11.8 Å². The number of methoxy groups -OCH3 is 1. The third-order valence-electron chi connectivity index (χ3n) is 3.75. The number of rotatable bonds is 7. The first-order chi connectivity index (χ1) is 13.1. The van der Waals surface area contributed by atoms with Crippen molar-refractivity contribution >= 4 is 29.1 Å². The highest BCUT2D eigenvalue weighted by atomic mass is 16.5. The molecule has 0 radical (unpaired) electrons. The first-order valence-electron chi connectivity index (χ1n) is 8.69. The van der Waals surface area contributed by atoms with E-state index in [2.05, 4.69) is 16.7 Å². The van der Waals surface area contributed by atoms with E-state index in [1.54, 1.807) is 32.2 Å². The zero-order valence-corrected chi connectivity index (χ0v) is 15.7. The Bertz CT molecular complexity index is 852. The van der Waals surface area contributed by atoms with Crippen molar-refractivity contribution in [2.24, 2.45) is 0 Å². The number of nitrogens with one attached hydrogen (secondary N) is 2. The second kappa shape index (κ2) is 9.88. The molecule has 0 unspecified atom stereocenters. The Morgan fingerprint density at radius 1 is 1.19 bits per heavy atom. The van der Waals surface area contributed by atoms with Gasteiger partial charge in [0.1, 0.15) is 5.75 Å². The smallest absolute Gasteiger partial charge is 0.411 e. The monoisotopic (exact) mass is 365 g/mol. The maximum Gasteiger partial charge on any atom is 0.411 e. The summed E-state index contributed by atoms with van der Waals surface area (Å²) in [4.78, 5) is 11.5. The summed E-state index contributed by atoms with van der Waals surface area (Å²) in [5, 5.41) is 15.5. The van der Waals surface area contributed by atoms with Crippen molar-refractivity contribution < 1.29 is 14.3 Å². The van der Waals surface area contributed by atoms with Crippen LogP contribution in [0.25, 0.3) is 11.6 Å². The SMILES string of the molecule is CCNc1cc(OC)ccc1/C(C#N)=C/c1ccc(NC(=O)OCC)cc1. The quantitative estimate of drug-likeness (QED) is 0.546. The van der Waals surface area contributed by atoms with E-state index in [1.165, 1.54) is 0 Å². The summed E-state index contributed by atoms with van der Waals surface area (Å²) in [5.41, 5.74) is 3.64. The van der Waals surface area contributed by atoms with Crippen LogP contribution in [0.3, 0.4) is 0 Å². The van der Waals surface area contributed by atoms with Crippen LogP contribution in [-0.2, 0) is 4.74 Å². The molecule has 0 saturated heterocycles. The van der Waals surface area contributed by atoms with Crippen molar-refractivity contribution in [3.05, 3.63) is 53.6 Å². The number of hydrogen-bond donors (Lipinski definition) is 2. The van der Waals surface area contributed by atoms with Crippen LogP contribution in [-0.4, -0.2) is 26.4 Å². The number of hydrogen-bond acceptors (Lipinski definition) is 5. The van der Waals surface area contributed by atoms with Gasteiger partial charge in [-0.25, -0.2) is 4.79 Å². The van der Waals surface area contributed by atoms with Gasteiger partial charge >= 0.3 is 6.09 Å². The highest BCUT2D eigenvalue weighted by Crippen LogP contribution is 2.29. The number of allylic oxidation sites excluding steroid dienone is 1. The van der Waals surface area contributed by atoms with Crippen LogP contribution in [0.1, 0.15) is 25.0 Å². The molecule has 0 spiro atoms. The van der Waals surface area contributed by atoms with Gasteiger partial charge < -0.3 is 14.8 Å². The number of carbonyl (C=O) groups excluding carboxylic acids is 1. The maximum atomic E-state index is 11.5. The molecule has 0 aliphatic rings. The van der Waals surface area contributed by atoms with E-state index in [4.69, 9.17) is 9.47 Å². The Balaban J connectivity index is 2.28. The molecule has 0 atom stereocenters. The zero-order chi connectivity index (χ0) is 19.6. The van der Waals surface area contributed by atoms with E-state index < -0.39 is 6.09 Å². The first kappa shape index (κ1) is 19.9. The molecule has 140 valence electrons. The van der Waals surface area contributed by atoms with Gasteiger partial charge in [-0.15, -0.1) is 0 Å². The topological polar surface area (TPSA) is 83.4 Å². The van der Waals surface area contributed by atoms with Gasteiger partial charge in [0.25, 0.3) is 0 Å². The molecule has 0 bridgehead atoms. The molecule has 2 aromatic carbocycles. The molecule has 2 rings (SSSR count). The fraction of sp³-hybridized carbons (Fsp3) is 0.238. The molecule has 6 nitrogen and oxygen atoms in total. The lowest BCUT2D eigenvalue weighted by molar-refractivity contribution is 0.168. The normalized spacial score (nSPS) is 10.7. The summed E-state index contributed by atoms with van der Waals surface area (Å²) < 4.78 is 10.1. The Kier molecular flexibility index (Phi) is 7.26. The lowest BCUT2D eigenvalue weighted by Crippen LogP contribution is -2.13. The average molecular weight is 365 g/mol. The summed E-state index contributed by atoms with van der Waals surface area (Å²) >= 11 is 0. The Hall–Kier alpha value is -3.46. The predicted octanol–water partition coefficient (Wildman–Crippen LogP) is 4.76. The Morgan fingerprint density at radius 3 is 2.52 bits per heavy atom. The largest absolute Gasteiger partial charge is 0.497 e. The number of nitriles is 1. The van der Waals surface area contributed by atoms with Gasteiger partial charge in [-0.3, -0.25) is 5.32 Å². The molecule has 1 amide bonds. The third-order valence-corrected chi connectivity index (χ3v) is 3.75. The molecular weight excluding hydrogens is 342 g/mol. The fourth-order valence-corrected chi connectivity index (χ4v) is 2.51. The van der Waals surface area contributed by atoms with E-state index >= 15 is 0 Å². The van der Waals surface area contributed by atoms with E-state index in [9.17, 15) is 10.1 Å². The number of amides is 1. The van der Waals surface area contributed by atoms with Crippen LogP contribution in [0.15, 0.2) is 42.5 Å². The number of carbonyl (C=O) groups is 1. The molecular formula is C21H23N3O3. The molecule has 2 N–H and O–H groups in total. The molecule has 0 aromatic heterocycles. The summed E-state index contributed by atoms with van der Waals surface area (Å²) in [6.45, 7) is 4.79. The third kappa shape index (κ3) is 5.51. The van der Waals surface area contributed by atoms with Crippen molar-refractivity contribution in [2.45, 2.75) is 13.8 Å². The zero-order valence-electron chi connectivity index (χ0n) is 15.7. The van der Waals surface area contributed by atoms with Crippen LogP contribution in [0.4, 0.5) is 16.2 Å². The minimum atomic E-state index is -0.493. The van der Waals surface area contributed by atoms with E-state index in [0.29, 0.717) is 17.9 Å². The molecule has 0 aliphatic heterocycles. The highest BCUT2D eigenvalue weighted by Gasteiger charge is 2.09. The van der Waals surface area contributed by atoms with Gasteiger partial charge in [0.15, 0.2) is 0 Å². The molecule has 2 aromatic rings. The van der Waals surface area contributed by atoms with E-state index in [-0.39, 0.29) is 0 Å². The van der Waals surface area contributed by atoms with Crippen molar-refractivity contribution in [1.82, 2.24) is 0 Å². The first-order valence-corrected chi connectivity index (χ1v) is 8.69. The van der Waals surface area contributed by atoms with E-state index in [1.807, 2.05) is 37.3 Å². The molecule has 6 heteroatoms. The molecule has 0 heterocycles.